The number of H-pyrrole nitrogens is 2. The van der Waals surface area contributed by atoms with Crippen LogP contribution in [0.3, 0.4) is 0 Å². The summed E-state index contributed by atoms with van der Waals surface area (Å²) in [5, 5.41) is 16.2. The van der Waals surface area contributed by atoms with E-state index in [0.29, 0.717) is 5.56 Å². The summed E-state index contributed by atoms with van der Waals surface area (Å²) in [6.07, 6.45) is 1.33. The zero-order chi connectivity index (χ0) is 21.8. The van der Waals surface area contributed by atoms with Gasteiger partial charge in [-0.2, -0.15) is 0 Å². The van der Waals surface area contributed by atoms with Gasteiger partial charge in [0.2, 0.25) is 0 Å². The Kier molecular flexibility index (Phi) is 3.96. The summed E-state index contributed by atoms with van der Waals surface area (Å²) in [6, 6.07) is 19.7. The van der Waals surface area contributed by atoms with E-state index < -0.39 is 0 Å². The van der Waals surface area contributed by atoms with E-state index >= 15 is 0 Å². The molecule has 0 aliphatic carbocycles. The Morgan fingerprint density at radius 3 is 2.44 bits per heavy atom. The van der Waals surface area contributed by atoms with Gasteiger partial charge < -0.3 is 21.1 Å². The fourth-order valence-electron chi connectivity index (χ4n) is 3.84. The Labute approximate surface area is 186 Å². The lowest BCUT2D eigenvalue weighted by atomic mass is 10.1. The standard InChI is InChI=1S/C24H17N7S/c25-11-12-1-5-16-18(7-12)30-23(28-16)15-3-2-13-9-21(32-20(13)10-15)24-29-17-6-4-14(22(26)27)8-19(17)31-24/h1-11,25H,(H3,26,27)(H,28,30)(H,29,31). The van der Waals surface area contributed by atoms with Gasteiger partial charge in [-0.15, -0.1) is 11.3 Å². The van der Waals surface area contributed by atoms with Crippen molar-refractivity contribution >= 4 is 55.5 Å². The van der Waals surface area contributed by atoms with Crippen molar-refractivity contribution in [2.45, 2.75) is 0 Å². The number of fused-ring (bicyclic) bond motifs is 3. The number of benzene rings is 3. The van der Waals surface area contributed by atoms with Crippen molar-refractivity contribution in [3.05, 3.63) is 71.8 Å². The number of nitrogens with one attached hydrogen (secondary N) is 4. The smallest absolute Gasteiger partial charge is 0.148 e. The van der Waals surface area contributed by atoms with Crippen LogP contribution in [0.25, 0.3) is 54.2 Å². The van der Waals surface area contributed by atoms with Crippen LogP contribution in [0.4, 0.5) is 0 Å². The largest absolute Gasteiger partial charge is 0.384 e. The van der Waals surface area contributed by atoms with Gasteiger partial charge >= 0.3 is 0 Å². The molecular weight excluding hydrogens is 418 g/mol. The van der Waals surface area contributed by atoms with E-state index in [9.17, 15) is 0 Å². The van der Waals surface area contributed by atoms with Gasteiger partial charge in [0.05, 0.1) is 26.9 Å². The number of nitrogens with zero attached hydrogens (tertiary/aromatic N) is 2. The maximum Gasteiger partial charge on any atom is 0.148 e. The van der Waals surface area contributed by atoms with Crippen LogP contribution in [0.15, 0.2) is 60.7 Å². The second-order valence-corrected chi connectivity index (χ2v) is 8.68. The Morgan fingerprint density at radius 2 is 1.62 bits per heavy atom. The topological polar surface area (TPSA) is 131 Å². The molecule has 6 aromatic rings. The molecular formula is C24H17N7S. The highest BCUT2D eigenvalue weighted by Crippen LogP contribution is 2.35. The van der Waals surface area contributed by atoms with Gasteiger partial charge in [0, 0.05) is 22.0 Å². The molecule has 0 spiro atoms. The number of nitrogen functional groups attached to an aromatic ring is 1. The summed E-state index contributed by atoms with van der Waals surface area (Å²) in [4.78, 5) is 17.2. The number of nitrogens with two attached hydrogens (primary N) is 1. The quantitative estimate of drug-likeness (QED) is 0.191. The van der Waals surface area contributed by atoms with E-state index in [1.165, 1.54) is 6.21 Å². The van der Waals surface area contributed by atoms with Crippen molar-refractivity contribution in [3.8, 4) is 22.1 Å². The Bertz CT molecular complexity index is 1690. The van der Waals surface area contributed by atoms with E-state index in [1.807, 2.05) is 36.4 Å². The molecule has 0 aliphatic heterocycles. The minimum Gasteiger partial charge on any atom is -0.384 e. The van der Waals surface area contributed by atoms with Gasteiger partial charge in [-0.1, -0.05) is 18.2 Å². The number of thiophene rings is 1. The monoisotopic (exact) mass is 435 g/mol. The number of aromatic nitrogens is 4. The van der Waals surface area contributed by atoms with Crippen LogP contribution < -0.4 is 5.73 Å². The molecule has 32 heavy (non-hydrogen) atoms. The van der Waals surface area contributed by atoms with Crippen molar-refractivity contribution in [1.82, 2.24) is 19.9 Å². The maximum atomic E-state index is 7.63. The molecule has 6 N–H and O–H groups in total. The van der Waals surface area contributed by atoms with E-state index in [1.54, 1.807) is 11.3 Å². The highest BCUT2D eigenvalue weighted by molar-refractivity contribution is 7.22. The molecule has 8 heteroatoms. The summed E-state index contributed by atoms with van der Waals surface area (Å²) in [6.45, 7) is 0. The Hall–Kier alpha value is -4.30. The molecule has 3 aromatic carbocycles. The molecule has 0 radical (unpaired) electrons. The molecule has 3 aromatic heterocycles. The average Bonchev–Trinajstić information content (AvgIpc) is 3.52. The number of hydrogen-bond acceptors (Lipinski definition) is 5. The lowest BCUT2D eigenvalue weighted by molar-refractivity contribution is 1.34. The van der Waals surface area contributed by atoms with Gasteiger partial charge in [-0.3, -0.25) is 5.41 Å². The van der Waals surface area contributed by atoms with Crippen molar-refractivity contribution < 1.29 is 0 Å². The lowest BCUT2D eigenvalue weighted by Crippen LogP contribution is -2.10. The molecule has 154 valence electrons. The van der Waals surface area contributed by atoms with Gasteiger partial charge in [-0.25, -0.2) is 9.97 Å². The Morgan fingerprint density at radius 1 is 0.875 bits per heavy atom. The summed E-state index contributed by atoms with van der Waals surface area (Å²) >= 11 is 1.67. The third-order valence-electron chi connectivity index (χ3n) is 5.49. The predicted molar refractivity (Wildman–Crippen MR) is 131 cm³/mol. The first-order chi connectivity index (χ1) is 15.6. The second-order valence-electron chi connectivity index (χ2n) is 7.60. The fraction of sp³-hybridized carbons (Fsp3) is 0. The van der Waals surface area contributed by atoms with Crippen LogP contribution >= 0.6 is 11.3 Å². The molecule has 7 nitrogen and oxygen atoms in total. The summed E-state index contributed by atoms with van der Waals surface area (Å²) in [7, 11) is 0. The minimum absolute atomic E-state index is 0.0390. The number of rotatable bonds is 4. The summed E-state index contributed by atoms with van der Waals surface area (Å²) < 4.78 is 1.14. The first-order valence-corrected chi connectivity index (χ1v) is 10.8. The third-order valence-corrected chi connectivity index (χ3v) is 6.60. The molecule has 3 heterocycles. The Balaban J connectivity index is 1.40. The normalized spacial score (nSPS) is 11.5. The van der Waals surface area contributed by atoms with E-state index in [4.69, 9.17) is 26.5 Å². The van der Waals surface area contributed by atoms with E-state index in [2.05, 4.69) is 34.2 Å². The highest BCUT2D eigenvalue weighted by atomic mass is 32.1. The molecule has 6 rings (SSSR count). The maximum absolute atomic E-state index is 7.63. The molecule has 0 fully saturated rings. The summed E-state index contributed by atoms with van der Waals surface area (Å²) in [5.41, 5.74) is 11.6. The molecule has 0 amide bonds. The van der Waals surface area contributed by atoms with E-state index in [0.717, 1.165) is 59.8 Å². The third kappa shape index (κ3) is 2.97. The zero-order valence-electron chi connectivity index (χ0n) is 16.7. The van der Waals surface area contributed by atoms with Crippen LogP contribution in [0.1, 0.15) is 11.1 Å². The second kappa shape index (κ2) is 6.86. The first kappa shape index (κ1) is 18.5. The van der Waals surface area contributed by atoms with Gasteiger partial charge in [-0.05, 0) is 53.4 Å². The van der Waals surface area contributed by atoms with Crippen LogP contribution in [0.5, 0.6) is 0 Å². The number of amidine groups is 1. The van der Waals surface area contributed by atoms with Gasteiger partial charge in [0.15, 0.2) is 0 Å². The molecule has 0 aliphatic rings. The van der Waals surface area contributed by atoms with Crippen molar-refractivity contribution in [2.24, 2.45) is 5.73 Å². The molecule has 0 atom stereocenters. The molecule has 0 saturated heterocycles. The van der Waals surface area contributed by atoms with E-state index in [-0.39, 0.29) is 5.84 Å². The number of hydrogen-bond donors (Lipinski definition) is 5. The van der Waals surface area contributed by atoms with Gasteiger partial charge in [0.1, 0.15) is 17.5 Å². The predicted octanol–water partition coefficient (Wildman–Crippen LogP) is 5.27. The van der Waals surface area contributed by atoms with Crippen LogP contribution in [0, 0.1) is 10.8 Å². The van der Waals surface area contributed by atoms with Gasteiger partial charge in [0.25, 0.3) is 0 Å². The SMILES string of the molecule is N=Cc1ccc2nc(-c3ccc4cc(-c5nc6ccc(C(=N)N)cc6[nH]5)sc4c3)[nH]c2c1. The summed E-state index contributed by atoms with van der Waals surface area (Å²) in [5.74, 6) is 1.64. The van der Waals surface area contributed by atoms with Crippen LogP contribution in [-0.4, -0.2) is 32.0 Å². The molecule has 0 saturated carbocycles. The van der Waals surface area contributed by atoms with Crippen LogP contribution in [-0.2, 0) is 0 Å². The van der Waals surface area contributed by atoms with Crippen molar-refractivity contribution in [2.75, 3.05) is 0 Å². The lowest BCUT2D eigenvalue weighted by Gasteiger charge is -1.96. The minimum atomic E-state index is 0.0390. The zero-order valence-corrected chi connectivity index (χ0v) is 17.5. The molecule has 0 bridgehead atoms. The van der Waals surface area contributed by atoms with Crippen LogP contribution in [0.2, 0.25) is 0 Å². The molecule has 0 unspecified atom stereocenters. The first-order valence-electron chi connectivity index (χ1n) is 9.96. The number of imidazole rings is 2. The fourth-order valence-corrected chi connectivity index (χ4v) is 4.89. The highest BCUT2D eigenvalue weighted by Gasteiger charge is 2.12. The average molecular weight is 436 g/mol. The number of aromatic amines is 2. The van der Waals surface area contributed by atoms with Crippen molar-refractivity contribution in [3.63, 3.8) is 0 Å². The van der Waals surface area contributed by atoms with Crippen molar-refractivity contribution in [1.29, 1.82) is 10.8 Å².